The van der Waals surface area contributed by atoms with Gasteiger partial charge >= 0.3 is 0 Å². The Morgan fingerprint density at radius 2 is 1.75 bits per heavy atom. The molecule has 5 rings (SSSR count). The number of benzene rings is 3. The third kappa shape index (κ3) is 4.58. The molecule has 0 saturated heterocycles. The Morgan fingerprint density at radius 1 is 1.00 bits per heavy atom. The topological polar surface area (TPSA) is 53.6 Å². The van der Waals surface area contributed by atoms with E-state index < -0.39 is 0 Å². The van der Waals surface area contributed by atoms with Crippen molar-refractivity contribution < 1.29 is 9.53 Å². The van der Waals surface area contributed by atoms with Crippen LogP contribution in [0, 0.1) is 5.92 Å². The van der Waals surface area contributed by atoms with Gasteiger partial charge in [-0.2, -0.15) is 0 Å². The number of fused-ring (bicyclic) bond motifs is 3. The summed E-state index contributed by atoms with van der Waals surface area (Å²) in [7, 11) is 0. The number of amides is 1. The molecule has 1 amide bonds. The number of hydrogen-bond acceptors (Lipinski definition) is 4. The van der Waals surface area contributed by atoms with Crippen LogP contribution in [0.3, 0.4) is 0 Å². The van der Waals surface area contributed by atoms with Crippen LogP contribution in [0.1, 0.15) is 60.6 Å². The second-order valence-corrected chi connectivity index (χ2v) is 9.42. The molecule has 1 heterocycles. The summed E-state index contributed by atoms with van der Waals surface area (Å²) in [4.78, 5) is 15.8. The second kappa shape index (κ2) is 10.5. The minimum Gasteiger partial charge on any atom is -0.494 e. The fourth-order valence-corrected chi connectivity index (χ4v) is 5.62. The zero-order chi connectivity index (χ0) is 25.1. The standard InChI is InChI=1S/C31H35N3O2/c1-4-34(5-2)23-17-13-21(14-18-23)29-26-10-7-9-25(26)27-11-8-12-28(30(27)33-29)31(35)32-22-15-19-24(20-16-22)36-6-3/h7-9,11-20,25-26,29,33H,4-6,10H2,1-3H3,(H,32,35). The highest BCUT2D eigenvalue weighted by molar-refractivity contribution is 6.08. The van der Waals surface area contributed by atoms with Gasteiger partial charge in [0, 0.05) is 30.4 Å². The lowest BCUT2D eigenvalue weighted by Gasteiger charge is -2.38. The quantitative estimate of drug-likeness (QED) is 0.340. The molecule has 5 heteroatoms. The summed E-state index contributed by atoms with van der Waals surface area (Å²) in [6.45, 7) is 8.93. The Morgan fingerprint density at radius 3 is 2.44 bits per heavy atom. The van der Waals surface area contributed by atoms with E-state index in [2.05, 4.69) is 71.9 Å². The van der Waals surface area contributed by atoms with Crippen molar-refractivity contribution in [2.24, 2.45) is 5.92 Å². The van der Waals surface area contributed by atoms with Gasteiger partial charge in [-0.05, 0) is 86.7 Å². The molecule has 2 aliphatic rings. The highest BCUT2D eigenvalue weighted by Crippen LogP contribution is 2.50. The van der Waals surface area contributed by atoms with E-state index in [4.69, 9.17) is 4.74 Å². The Bertz CT molecular complexity index is 1230. The molecule has 5 nitrogen and oxygen atoms in total. The monoisotopic (exact) mass is 481 g/mol. The van der Waals surface area contributed by atoms with E-state index in [9.17, 15) is 4.79 Å². The maximum Gasteiger partial charge on any atom is 0.257 e. The first kappa shape index (κ1) is 24.0. The molecule has 3 atom stereocenters. The van der Waals surface area contributed by atoms with E-state index in [1.165, 1.54) is 16.8 Å². The van der Waals surface area contributed by atoms with Gasteiger partial charge in [0.05, 0.1) is 23.9 Å². The van der Waals surface area contributed by atoms with Gasteiger partial charge in [0.2, 0.25) is 0 Å². The van der Waals surface area contributed by atoms with Crippen molar-refractivity contribution in [2.75, 3.05) is 35.2 Å². The number of carbonyl (C=O) groups excluding carboxylic acids is 1. The summed E-state index contributed by atoms with van der Waals surface area (Å²) in [6, 6.07) is 22.7. The molecule has 0 aromatic heterocycles. The van der Waals surface area contributed by atoms with Crippen LogP contribution in [0.5, 0.6) is 5.75 Å². The molecule has 0 saturated carbocycles. The lowest BCUT2D eigenvalue weighted by atomic mass is 9.76. The molecule has 0 spiro atoms. The number of carbonyl (C=O) groups is 1. The van der Waals surface area contributed by atoms with E-state index in [-0.39, 0.29) is 11.9 Å². The molecule has 1 aliphatic heterocycles. The maximum absolute atomic E-state index is 13.4. The van der Waals surface area contributed by atoms with Gasteiger partial charge in [0.1, 0.15) is 5.75 Å². The SMILES string of the molecule is CCOc1ccc(NC(=O)c2cccc3c2NC(c2ccc(N(CC)CC)cc2)C2CC=CC32)cc1. The van der Waals surface area contributed by atoms with Crippen molar-refractivity contribution in [3.05, 3.63) is 95.6 Å². The predicted molar refractivity (Wildman–Crippen MR) is 148 cm³/mol. The minimum absolute atomic E-state index is 0.112. The molecule has 1 aliphatic carbocycles. The molecule has 36 heavy (non-hydrogen) atoms. The predicted octanol–water partition coefficient (Wildman–Crippen LogP) is 7.01. The average Bonchev–Trinajstić information content (AvgIpc) is 3.41. The van der Waals surface area contributed by atoms with Gasteiger partial charge < -0.3 is 20.3 Å². The molecule has 2 N–H and O–H groups in total. The fraction of sp³-hybridized carbons (Fsp3) is 0.323. The normalized spacial score (nSPS) is 19.7. The number of nitrogens with zero attached hydrogens (tertiary/aromatic N) is 1. The minimum atomic E-state index is -0.112. The van der Waals surface area contributed by atoms with Crippen LogP contribution in [0.2, 0.25) is 0 Å². The number of allylic oxidation sites excluding steroid dienone is 2. The first-order chi connectivity index (χ1) is 17.6. The van der Waals surface area contributed by atoms with Gasteiger partial charge in [-0.3, -0.25) is 4.79 Å². The summed E-state index contributed by atoms with van der Waals surface area (Å²) in [6.07, 6.45) is 5.63. The summed E-state index contributed by atoms with van der Waals surface area (Å²) >= 11 is 0. The summed E-state index contributed by atoms with van der Waals surface area (Å²) in [5, 5.41) is 6.85. The average molecular weight is 482 g/mol. The van der Waals surface area contributed by atoms with Crippen LogP contribution in [0.4, 0.5) is 17.1 Å². The van der Waals surface area contributed by atoms with Gasteiger partial charge in [0.25, 0.3) is 5.91 Å². The number of nitrogens with one attached hydrogen (secondary N) is 2. The van der Waals surface area contributed by atoms with E-state index in [0.717, 1.165) is 36.6 Å². The molecular weight excluding hydrogens is 446 g/mol. The van der Waals surface area contributed by atoms with Crippen molar-refractivity contribution in [1.29, 1.82) is 0 Å². The van der Waals surface area contributed by atoms with E-state index >= 15 is 0 Å². The van der Waals surface area contributed by atoms with Crippen molar-refractivity contribution in [3.63, 3.8) is 0 Å². The first-order valence-corrected chi connectivity index (χ1v) is 13.1. The van der Waals surface area contributed by atoms with E-state index in [0.29, 0.717) is 24.0 Å². The third-order valence-electron chi connectivity index (χ3n) is 7.45. The largest absolute Gasteiger partial charge is 0.494 e. The summed E-state index contributed by atoms with van der Waals surface area (Å²) in [5.41, 5.74) is 6.06. The molecule has 0 bridgehead atoms. The van der Waals surface area contributed by atoms with Gasteiger partial charge in [0.15, 0.2) is 0 Å². The molecule has 0 fully saturated rings. The highest BCUT2D eigenvalue weighted by atomic mass is 16.5. The second-order valence-electron chi connectivity index (χ2n) is 9.42. The molecule has 0 radical (unpaired) electrons. The van der Waals surface area contributed by atoms with Crippen LogP contribution in [-0.2, 0) is 0 Å². The van der Waals surface area contributed by atoms with Crippen LogP contribution in [0.25, 0.3) is 0 Å². The van der Waals surface area contributed by atoms with E-state index in [1.54, 1.807) is 0 Å². The van der Waals surface area contributed by atoms with E-state index in [1.807, 2.05) is 43.3 Å². The summed E-state index contributed by atoms with van der Waals surface area (Å²) in [5.74, 6) is 1.41. The zero-order valence-electron chi connectivity index (χ0n) is 21.3. The number of anilines is 3. The van der Waals surface area contributed by atoms with Crippen LogP contribution >= 0.6 is 0 Å². The molecule has 3 aromatic rings. The first-order valence-electron chi connectivity index (χ1n) is 13.1. The van der Waals surface area contributed by atoms with Crippen molar-refractivity contribution in [1.82, 2.24) is 0 Å². The fourth-order valence-electron chi connectivity index (χ4n) is 5.62. The van der Waals surface area contributed by atoms with Crippen LogP contribution < -0.4 is 20.3 Å². The van der Waals surface area contributed by atoms with Gasteiger partial charge in [-0.1, -0.05) is 36.4 Å². The van der Waals surface area contributed by atoms with Crippen LogP contribution in [0.15, 0.2) is 78.9 Å². The molecule has 186 valence electrons. The van der Waals surface area contributed by atoms with Crippen molar-refractivity contribution >= 4 is 23.0 Å². The molecular formula is C31H35N3O2. The number of rotatable bonds is 8. The Labute approximate surface area is 214 Å². The van der Waals surface area contributed by atoms with Crippen molar-refractivity contribution in [2.45, 2.75) is 39.2 Å². The lowest BCUT2D eigenvalue weighted by Crippen LogP contribution is -2.31. The van der Waals surface area contributed by atoms with Crippen LogP contribution in [-0.4, -0.2) is 25.6 Å². The zero-order valence-corrected chi connectivity index (χ0v) is 21.3. The Hall–Kier alpha value is -3.73. The number of para-hydroxylation sites is 1. The van der Waals surface area contributed by atoms with Crippen molar-refractivity contribution in [3.8, 4) is 5.75 Å². The Kier molecular flexibility index (Phi) is 6.99. The molecule has 3 aromatic carbocycles. The Balaban J connectivity index is 1.43. The van der Waals surface area contributed by atoms with Gasteiger partial charge in [-0.25, -0.2) is 0 Å². The number of hydrogen-bond donors (Lipinski definition) is 2. The maximum atomic E-state index is 13.4. The smallest absolute Gasteiger partial charge is 0.257 e. The summed E-state index contributed by atoms with van der Waals surface area (Å²) < 4.78 is 5.52. The molecule has 3 unspecified atom stereocenters. The highest BCUT2D eigenvalue weighted by Gasteiger charge is 2.39. The van der Waals surface area contributed by atoms with Gasteiger partial charge in [-0.15, -0.1) is 0 Å². The lowest BCUT2D eigenvalue weighted by molar-refractivity contribution is 0.102. The third-order valence-corrected chi connectivity index (χ3v) is 7.45. The number of ether oxygens (including phenoxy) is 1.